The van der Waals surface area contributed by atoms with Crippen LogP contribution in [0.3, 0.4) is 0 Å². The van der Waals surface area contributed by atoms with E-state index in [0.717, 1.165) is 25.7 Å². The van der Waals surface area contributed by atoms with E-state index in [4.69, 9.17) is 22.3 Å². The van der Waals surface area contributed by atoms with E-state index in [9.17, 15) is 13.2 Å². The molecule has 7 heteroatoms. The Hall–Kier alpha value is -0.780. The van der Waals surface area contributed by atoms with Crippen molar-refractivity contribution in [3.05, 3.63) is 23.2 Å². The van der Waals surface area contributed by atoms with Gasteiger partial charge in [-0.25, -0.2) is 8.42 Å². The molecule has 0 aromatic heterocycles. The molecule has 1 aromatic rings. The smallest absolute Gasteiger partial charge is 0.262 e. The van der Waals surface area contributed by atoms with Crippen LogP contribution in [0.4, 0.5) is 5.69 Å². The Morgan fingerprint density at radius 3 is 2.50 bits per heavy atom. The van der Waals surface area contributed by atoms with Crippen molar-refractivity contribution in [2.24, 2.45) is 0 Å². The van der Waals surface area contributed by atoms with Gasteiger partial charge in [-0.15, -0.1) is 0 Å². The molecule has 112 valence electrons. The minimum atomic E-state index is -3.87. The Labute approximate surface area is 128 Å². The van der Waals surface area contributed by atoms with Crippen LogP contribution in [-0.4, -0.2) is 14.3 Å². The monoisotopic (exact) mass is 337 g/mol. The number of carbonyl (C=O) groups is 1. The number of nitrogens with one attached hydrogen (secondary N) is 1. The normalized spacial score (nSPS) is 11.3. The number of hydrogen-bond donors (Lipinski definition) is 1. The van der Waals surface area contributed by atoms with Crippen molar-refractivity contribution in [2.75, 3.05) is 5.32 Å². The fourth-order valence-corrected chi connectivity index (χ4v) is 3.24. The quantitative estimate of drug-likeness (QED) is 0.599. The maximum atomic E-state index is 11.7. The minimum Gasteiger partial charge on any atom is -0.326 e. The maximum absolute atomic E-state index is 11.7. The van der Waals surface area contributed by atoms with Crippen LogP contribution in [0.15, 0.2) is 23.1 Å². The van der Waals surface area contributed by atoms with E-state index in [-0.39, 0.29) is 15.8 Å². The Kier molecular flexibility index (Phi) is 6.79. The van der Waals surface area contributed by atoms with Crippen molar-refractivity contribution >= 4 is 42.9 Å². The third-order valence-corrected chi connectivity index (χ3v) is 4.54. The number of unbranched alkanes of at least 4 members (excludes halogenated alkanes) is 3. The molecular formula is C13H17Cl2NO3S. The fraction of sp³-hybridized carbons (Fsp3) is 0.462. The van der Waals surface area contributed by atoms with E-state index in [2.05, 4.69) is 12.2 Å². The first-order valence-electron chi connectivity index (χ1n) is 6.38. The fourth-order valence-electron chi connectivity index (χ4n) is 1.71. The molecule has 0 saturated carbocycles. The second-order valence-corrected chi connectivity index (χ2v) is 7.38. The number of hydrogen-bond acceptors (Lipinski definition) is 3. The van der Waals surface area contributed by atoms with Gasteiger partial charge in [0.25, 0.3) is 9.05 Å². The Morgan fingerprint density at radius 1 is 1.25 bits per heavy atom. The molecule has 1 aromatic carbocycles. The van der Waals surface area contributed by atoms with Crippen molar-refractivity contribution in [3.63, 3.8) is 0 Å². The van der Waals surface area contributed by atoms with Crippen LogP contribution in [0, 0.1) is 0 Å². The van der Waals surface area contributed by atoms with Crippen molar-refractivity contribution in [1.29, 1.82) is 0 Å². The van der Waals surface area contributed by atoms with Gasteiger partial charge in [0.05, 0.1) is 5.02 Å². The van der Waals surface area contributed by atoms with Crippen LogP contribution in [0.5, 0.6) is 0 Å². The molecule has 0 saturated heterocycles. The molecule has 0 aliphatic carbocycles. The van der Waals surface area contributed by atoms with Gasteiger partial charge in [0, 0.05) is 22.8 Å². The second kappa shape index (κ2) is 7.86. The zero-order valence-corrected chi connectivity index (χ0v) is 13.5. The predicted octanol–water partition coefficient (Wildman–Crippen LogP) is 4.18. The number of carbonyl (C=O) groups excluding carboxylic acids is 1. The molecule has 0 unspecified atom stereocenters. The van der Waals surface area contributed by atoms with Crippen LogP contribution in [0.25, 0.3) is 0 Å². The third kappa shape index (κ3) is 5.69. The van der Waals surface area contributed by atoms with Crippen LogP contribution in [0.2, 0.25) is 5.02 Å². The van der Waals surface area contributed by atoms with Gasteiger partial charge >= 0.3 is 0 Å². The molecule has 0 bridgehead atoms. The summed E-state index contributed by atoms with van der Waals surface area (Å²) in [5.74, 6) is -0.112. The molecule has 0 aliphatic heterocycles. The molecule has 0 fully saturated rings. The van der Waals surface area contributed by atoms with Crippen LogP contribution < -0.4 is 5.32 Å². The molecule has 0 heterocycles. The summed E-state index contributed by atoms with van der Waals surface area (Å²) in [6.45, 7) is 2.11. The average molecular weight is 338 g/mol. The lowest BCUT2D eigenvalue weighted by Gasteiger charge is -2.07. The molecule has 1 N–H and O–H groups in total. The number of halogens is 2. The van der Waals surface area contributed by atoms with Gasteiger partial charge in [-0.05, 0) is 24.6 Å². The predicted molar refractivity (Wildman–Crippen MR) is 81.9 cm³/mol. The third-order valence-electron chi connectivity index (χ3n) is 2.74. The second-order valence-electron chi connectivity index (χ2n) is 4.44. The first-order chi connectivity index (χ1) is 9.34. The van der Waals surface area contributed by atoms with E-state index >= 15 is 0 Å². The Balaban J connectivity index is 2.61. The zero-order valence-electron chi connectivity index (χ0n) is 11.2. The largest absolute Gasteiger partial charge is 0.326 e. The van der Waals surface area contributed by atoms with Crippen LogP contribution in [0.1, 0.15) is 39.0 Å². The summed E-state index contributed by atoms with van der Waals surface area (Å²) in [7, 11) is 1.35. The van der Waals surface area contributed by atoms with Gasteiger partial charge in [0.2, 0.25) is 5.91 Å². The van der Waals surface area contributed by atoms with Crippen molar-refractivity contribution in [3.8, 4) is 0 Å². The highest BCUT2D eigenvalue weighted by atomic mass is 35.7. The standard InChI is InChI=1S/C13H17Cl2NO3S/c1-2-3-4-5-6-13(17)16-10-7-8-12(11(14)9-10)20(15,18)19/h7-9H,2-6H2,1H3,(H,16,17). The van der Waals surface area contributed by atoms with Gasteiger partial charge in [0.15, 0.2) is 0 Å². The lowest BCUT2D eigenvalue weighted by atomic mass is 10.1. The van der Waals surface area contributed by atoms with Gasteiger partial charge in [0.1, 0.15) is 4.90 Å². The van der Waals surface area contributed by atoms with E-state index in [1.165, 1.54) is 18.2 Å². The summed E-state index contributed by atoms with van der Waals surface area (Å²) < 4.78 is 22.4. The summed E-state index contributed by atoms with van der Waals surface area (Å²) in [4.78, 5) is 11.5. The Bertz CT molecular complexity index is 573. The van der Waals surface area contributed by atoms with Crippen LogP contribution >= 0.6 is 22.3 Å². The van der Waals surface area contributed by atoms with Crippen molar-refractivity contribution < 1.29 is 13.2 Å². The van der Waals surface area contributed by atoms with Gasteiger partial charge in [-0.2, -0.15) is 0 Å². The number of benzene rings is 1. The topological polar surface area (TPSA) is 63.2 Å². The summed E-state index contributed by atoms with van der Waals surface area (Å²) in [6, 6.07) is 4.11. The first kappa shape index (κ1) is 17.3. The lowest BCUT2D eigenvalue weighted by molar-refractivity contribution is -0.116. The number of anilines is 1. The summed E-state index contributed by atoms with van der Waals surface area (Å²) in [5, 5.41) is 2.67. The molecule has 1 amide bonds. The van der Waals surface area contributed by atoms with E-state index in [1.54, 1.807) is 0 Å². The maximum Gasteiger partial charge on any atom is 0.262 e. The molecule has 1 rings (SSSR count). The zero-order chi connectivity index (χ0) is 15.2. The van der Waals surface area contributed by atoms with Gasteiger partial charge < -0.3 is 5.32 Å². The Morgan fingerprint density at radius 2 is 1.95 bits per heavy atom. The van der Waals surface area contributed by atoms with Gasteiger partial charge in [-0.1, -0.05) is 37.8 Å². The molecule has 0 radical (unpaired) electrons. The molecule has 4 nitrogen and oxygen atoms in total. The highest BCUT2D eigenvalue weighted by Crippen LogP contribution is 2.27. The van der Waals surface area contributed by atoms with Crippen molar-refractivity contribution in [2.45, 2.75) is 43.9 Å². The minimum absolute atomic E-state index is 0.0104. The highest BCUT2D eigenvalue weighted by Gasteiger charge is 2.15. The first-order valence-corrected chi connectivity index (χ1v) is 9.07. The molecule has 20 heavy (non-hydrogen) atoms. The van der Waals surface area contributed by atoms with E-state index in [1.807, 2.05) is 0 Å². The molecule has 0 spiro atoms. The molecule has 0 aliphatic rings. The summed E-state index contributed by atoms with van der Waals surface area (Å²) in [6.07, 6.45) is 4.52. The summed E-state index contributed by atoms with van der Waals surface area (Å²) in [5.41, 5.74) is 0.458. The summed E-state index contributed by atoms with van der Waals surface area (Å²) >= 11 is 5.83. The SMILES string of the molecule is CCCCCCC(=O)Nc1ccc(S(=O)(=O)Cl)c(Cl)c1. The van der Waals surface area contributed by atoms with Gasteiger partial charge in [-0.3, -0.25) is 4.79 Å². The molecule has 0 atom stereocenters. The number of amides is 1. The van der Waals surface area contributed by atoms with E-state index in [0.29, 0.717) is 12.1 Å². The van der Waals surface area contributed by atoms with E-state index < -0.39 is 9.05 Å². The average Bonchev–Trinajstić information content (AvgIpc) is 2.33. The highest BCUT2D eigenvalue weighted by molar-refractivity contribution is 8.13. The van der Waals surface area contributed by atoms with Crippen molar-refractivity contribution in [1.82, 2.24) is 0 Å². The van der Waals surface area contributed by atoms with Crippen LogP contribution in [-0.2, 0) is 13.8 Å². The molecular weight excluding hydrogens is 321 g/mol. The lowest BCUT2D eigenvalue weighted by Crippen LogP contribution is -2.11. The number of rotatable bonds is 7.